The maximum absolute atomic E-state index is 9.71. The molecule has 3 rings (SSSR count). The third kappa shape index (κ3) is 5.57. The average Bonchev–Trinajstić information content (AvgIpc) is 3.07. The summed E-state index contributed by atoms with van der Waals surface area (Å²) in [6, 6.07) is 17.0. The van der Waals surface area contributed by atoms with Crippen molar-refractivity contribution in [1.82, 2.24) is 0 Å². The lowest BCUT2D eigenvalue weighted by Crippen LogP contribution is -2.33. The van der Waals surface area contributed by atoms with Crippen molar-refractivity contribution in [1.29, 1.82) is 0 Å². The van der Waals surface area contributed by atoms with E-state index in [0.717, 1.165) is 42.7 Å². The summed E-state index contributed by atoms with van der Waals surface area (Å²) in [4.78, 5) is 4.48. The summed E-state index contributed by atoms with van der Waals surface area (Å²) < 4.78 is 5.44. The van der Waals surface area contributed by atoms with E-state index in [2.05, 4.69) is 53.5 Å². The van der Waals surface area contributed by atoms with Crippen LogP contribution in [0, 0.1) is 0 Å². The van der Waals surface area contributed by atoms with E-state index in [4.69, 9.17) is 16.3 Å². The van der Waals surface area contributed by atoms with Gasteiger partial charge >= 0.3 is 0 Å². The van der Waals surface area contributed by atoms with Crippen LogP contribution in [0.15, 0.2) is 53.5 Å². The van der Waals surface area contributed by atoms with Crippen LogP contribution in [0.3, 0.4) is 0 Å². The van der Waals surface area contributed by atoms with Crippen LogP contribution in [0.2, 0.25) is 5.02 Å². The van der Waals surface area contributed by atoms with Crippen LogP contribution in [-0.4, -0.2) is 29.8 Å². The van der Waals surface area contributed by atoms with Gasteiger partial charge in [-0.25, -0.2) is 4.99 Å². The summed E-state index contributed by atoms with van der Waals surface area (Å²) in [5.74, 6) is 0.654. The first-order valence-electron chi connectivity index (χ1n) is 9.72. The van der Waals surface area contributed by atoms with Crippen molar-refractivity contribution < 1.29 is 9.84 Å². The number of aliphatic hydroxyl groups excluding tert-OH is 1. The van der Waals surface area contributed by atoms with Gasteiger partial charge in [-0.05, 0) is 61.3 Å². The second-order valence-corrected chi connectivity index (χ2v) is 7.83. The van der Waals surface area contributed by atoms with Crippen molar-refractivity contribution in [2.75, 3.05) is 13.2 Å². The van der Waals surface area contributed by atoms with Crippen LogP contribution in [0.5, 0.6) is 0 Å². The van der Waals surface area contributed by atoms with Gasteiger partial charge in [0.15, 0.2) is 5.90 Å². The van der Waals surface area contributed by atoms with Gasteiger partial charge < -0.3 is 9.84 Å². The minimum atomic E-state index is -0.510. The molecule has 1 aliphatic rings. The Hall–Kier alpha value is -1.84. The molecule has 0 saturated heterocycles. The van der Waals surface area contributed by atoms with Crippen LogP contribution >= 0.6 is 11.6 Å². The molecule has 2 aromatic rings. The van der Waals surface area contributed by atoms with E-state index in [9.17, 15) is 5.11 Å². The molecule has 144 valence electrons. The SMILES string of the molecule is CC1=NC(CO)(CCc2ccc(CCCCc3ccccc3)cc2Cl)CO1. The standard InChI is InChI=1S/C23H28ClNO2/c1-18-25-23(16-26,17-27-18)14-13-21-12-11-20(15-22(21)24)10-6-5-9-19-7-3-2-4-8-19/h2-4,7-8,11-12,15,26H,5-6,9-10,13-14,16-17H2,1H3. The molecule has 0 aromatic heterocycles. The van der Waals surface area contributed by atoms with Crippen LogP contribution < -0.4 is 0 Å². The molecular formula is C23H28ClNO2. The molecule has 0 spiro atoms. The zero-order valence-corrected chi connectivity index (χ0v) is 16.7. The van der Waals surface area contributed by atoms with Gasteiger partial charge in [-0.1, -0.05) is 54.1 Å². The largest absolute Gasteiger partial charge is 0.479 e. The van der Waals surface area contributed by atoms with Crippen LogP contribution in [0.25, 0.3) is 0 Å². The number of aryl methyl sites for hydroxylation is 3. The van der Waals surface area contributed by atoms with Gasteiger partial charge in [-0.3, -0.25) is 0 Å². The predicted molar refractivity (Wildman–Crippen MR) is 112 cm³/mol. The lowest BCUT2D eigenvalue weighted by molar-refractivity contribution is 0.150. The Morgan fingerprint density at radius 2 is 1.78 bits per heavy atom. The number of hydrogen-bond donors (Lipinski definition) is 1. The Balaban J connectivity index is 1.48. The van der Waals surface area contributed by atoms with Crippen molar-refractivity contribution in [2.24, 2.45) is 4.99 Å². The van der Waals surface area contributed by atoms with E-state index in [0.29, 0.717) is 12.5 Å². The van der Waals surface area contributed by atoms with Crippen molar-refractivity contribution in [3.8, 4) is 0 Å². The number of aliphatic imine (C=N–C) groups is 1. The number of halogens is 1. The summed E-state index contributed by atoms with van der Waals surface area (Å²) in [5.41, 5.74) is 3.28. The number of rotatable bonds is 9. The second kappa shape index (κ2) is 9.38. The van der Waals surface area contributed by atoms with Crippen molar-refractivity contribution in [3.63, 3.8) is 0 Å². The first kappa shape index (κ1) is 19.9. The Morgan fingerprint density at radius 1 is 1.04 bits per heavy atom. The molecule has 1 N–H and O–H groups in total. The van der Waals surface area contributed by atoms with Gasteiger partial charge in [0, 0.05) is 11.9 Å². The molecular weight excluding hydrogens is 358 g/mol. The molecule has 1 aliphatic heterocycles. The predicted octanol–water partition coefficient (Wildman–Crippen LogP) is 5.02. The van der Waals surface area contributed by atoms with E-state index in [1.54, 1.807) is 0 Å². The quantitative estimate of drug-likeness (QED) is 0.616. The third-order valence-corrected chi connectivity index (χ3v) is 5.59. The zero-order valence-electron chi connectivity index (χ0n) is 16.0. The van der Waals surface area contributed by atoms with E-state index >= 15 is 0 Å². The normalized spacial score (nSPS) is 19.0. The van der Waals surface area contributed by atoms with Crippen LogP contribution in [0.4, 0.5) is 0 Å². The number of nitrogens with zero attached hydrogens (tertiary/aromatic N) is 1. The monoisotopic (exact) mass is 385 g/mol. The highest BCUT2D eigenvalue weighted by atomic mass is 35.5. The van der Waals surface area contributed by atoms with Gasteiger partial charge in [0.1, 0.15) is 12.1 Å². The Bertz CT molecular complexity index is 775. The maximum Gasteiger partial charge on any atom is 0.180 e. The molecule has 3 nitrogen and oxygen atoms in total. The second-order valence-electron chi connectivity index (χ2n) is 7.42. The molecule has 2 aromatic carbocycles. The van der Waals surface area contributed by atoms with Crippen molar-refractivity contribution >= 4 is 17.5 Å². The zero-order chi connectivity index (χ0) is 19.1. The minimum absolute atomic E-state index is 0.00145. The molecule has 27 heavy (non-hydrogen) atoms. The van der Waals surface area contributed by atoms with E-state index in [1.807, 2.05) is 6.92 Å². The Morgan fingerprint density at radius 3 is 2.41 bits per heavy atom. The van der Waals surface area contributed by atoms with Gasteiger partial charge in [-0.2, -0.15) is 0 Å². The van der Waals surface area contributed by atoms with Crippen molar-refractivity contribution in [3.05, 3.63) is 70.2 Å². The summed E-state index contributed by atoms with van der Waals surface area (Å²) in [6.07, 6.45) is 6.02. The van der Waals surface area contributed by atoms with E-state index < -0.39 is 5.54 Å². The van der Waals surface area contributed by atoms with Gasteiger partial charge in [-0.15, -0.1) is 0 Å². The lowest BCUT2D eigenvalue weighted by atomic mass is 9.93. The molecule has 0 fully saturated rings. The molecule has 1 unspecified atom stereocenters. The first-order valence-corrected chi connectivity index (χ1v) is 10.1. The molecule has 0 radical (unpaired) electrons. The molecule has 0 bridgehead atoms. The topological polar surface area (TPSA) is 41.8 Å². The fraction of sp³-hybridized carbons (Fsp3) is 0.435. The maximum atomic E-state index is 9.71. The molecule has 1 heterocycles. The molecule has 0 amide bonds. The number of benzene rings is 2. The smallest absolute Gasteiger partial charge is 0.180 e. The van der Waals surface area contributed by atoms with Gasteiger partial charge in [0.05, 0.1) is 6.61 Å². The Kier molecular flexibility index (Phi) is 6.92. The van der Waals surface area contributed by atoms with E-state index in [1.165, 1.54) is 17.5 Å². The number of aliphatic hydroxyl groups is 1. The summed E-state index contributed by atoms with van der Waals surface area (Å²) >= 11 is 6.51. The molecule has 0 saturated carbocycles. The van der Waals surface area contributed by atoms with Gasteiger partial charge in [0.2, 0.25) is 0 Å². The minimum Gasteiger partial charge on any atom is -0.479 e. The fourth-order valence-electron chi connectivity index (χ4n) is 3.54. The highest BCUT2D eigenvalue weighted by molar-refractivity contribution is 6.31. The van der Waals surface area contributed by atoms with Crippen molar-refractivity contribution in [2.45, 2.75) is 51.0 Å². The summed E-state index contributed by atoms with van der Waals surface area (Å²) in [5, 5.41) is 10.5. The lowest BCUT2D eigenvalue weighted by Gasteiger charge is -2.21. The third-order valence-electron chi connectivity index (χ3n) is 5.24. The molecule has 0 aliphatic carbocycles. The average molecular weight is 386 g/mol. The summed E-state index contributed by atoms with van der Waals surface area (Å²) in [6.45, 7) is 2.28. The first-order chi connectivity index (χ1) is 13.1. The van der Waals surface area contributed by atoms with E-state index in [-0.39, 0.29) is 6.61 Å². The van der Waals surface area contributed by atoms with Crippen LogP contribution in [-0.2, 0) is 24.0 Å². The highest BCUT2D eigenvalue weighted by Gasteiger charge is 2.34. The fourth-order valence-corrected chi connectivity index (χ4v) is 3.84. The molecule has 1 atom stereocenters. The highest BCUT2D eigenvalue weighted by Crippen LogP contribution is 2.27. The van der Waals surface area contributed by atoms with Crippen LogP contribution in [0.1, 0.15) is 42.9 Å². The molecule has 4 heteroatoms. The number of ether oxygens (including phenoxy) is 1. The number of hydrogen-bond acceptors (Lipinski definition) is 3. The summed E-state index contributed by atoms with van der Waals surface area (Å²) in [7, 11) is 0. The number of unbranched alkanes of at least 4 members (excludes halogenated alkanes) is 1. The Labute approximate surface area is 167 Å². The van der Waals surface area contributed by atoms with Gasteiger partial charge in [0.25, 0.3) is 0 Å².